The van der Waals surface area contributed by atoms with Crippen LogP contribution < -0.4 is 10.1 Å². The molecule has 1 heterocycles. The molecule has 1 N–H and O–H groups in total. The highest BCUT2D eigenvalue weighted by molar-refractivity contribution is 7.85. The van der Waals surface area contributed by atoms with Gasteiger partial charge in [0.25, 0.3) is 0 Å². The average molecular weight is 426 g/mol. The van der Waals surface area contributed by atoms with E-state index in [0.29, 0.717) is 33.7 Å². The fraction of sp³-hybridized carbons (Fsp3) is 0.350. The van der Waals surface area contributed by atoms with Gasteiger partial charge >= 0.3 is 0 Å². The number of carbonyl (C=O) groups is 1. The monoisotopic (exact) mass is 425 g/mol. The van der Waals surface area contributed by atoms with E-state index in [0.717, 1.165) is 42.7 Å². The summed E-state index contributed by atoms with van der Waals surface area (Å²) in [4.78, 5) is 12.0. The molecule has 1 aliphatic rings. The van der Waals surface area contributed by atoms with Crippen molar-refractivity contribution < 1.29 is 13.7 Å². The van der Waals surface area contributed by atoms with E-state index in [1.54, 1.807) is 18.2 Å². The molecule has 1 unspecified atom stereocenters. The Morgan fingerprint density at radius 3 is 2.78 bits per heavy atom. The fourth-order valence-electron chi connectivity index (χ4n) is 2.92. The summed E-state index contributed by atoms with van der Waals surface area (Å²) >= 11 is 12.1. The topological polar surface area (TPSA) is 55.4 Å². The normalized spacial score (nSPS) is 14.4. The van der Waals surface area contributed by atoms with Crippen molar-refractivity contribution in [3.63, 3.8) is 0 Å². The van der Waals surface area contributed by atoms with Crippen molar-refractivity contribution >= 4 is 45.6 Å². The van der Waals surface area contributed by atoms with Gasteiger partial charge in [-0.1, -0.05) is 29.3 Å². The number of unbranched alkanes of at least 4 members (excludes halogenated alkanes) is 2. The predicted octanol–water partition coefficient (Wildman–Crippen LogP) is 5.24. The summed E-state index contributed by atoms with van der Waals surface area (Å²) in [6, 6.07) is 11.0. The number of anilines is 1. The molecule has 2 aromatic rings. The molecule has 0 aliphatic carbocycles. The lowest BCUT2D eigenvalue weighted by Crippen LogP contribution is -2.18. The van der Waals surface area contributed by atoms with E-state index in [4.69, 9.17) is 27.9 Å². The Hall–Kier alpha value is -1.56. The van der Waals surface area contributed by atoms with Crippen LogP contribution in [-0.4, -0.2) is 22.5 Å². The third-order valence-electron chi connectivity index (χ3n) is 4.38. The number of hydrogen-bond acceptors (Lipinski definition) is 3. The molecule has 0 saturated carbocycles. The molecule has 0 spiro atoms. The van der Waals surface area contributed by atoms with E-state index >= 15 is 0 Å². The summed E-state index contributed by atoms with van der Waals surface area (Å²) in [5.74, 6) is 1.44. The number of benzene rings is 2. The third-order valence-corrected chi connectivity index (χ3v) is 6.80. The fourth-order valence-corrected chi connectivity index (χ4v) is 4.76. The average Bonchev–Trinajstić information content (AvgIpc) is 2.66. The highest BCUT2D eigenvalue weighted by Gasteiger charge is 2.15. The van der Waals surface area contributed by atoms with Crippen LogP contribution in [0.5, 0.6) is 5.75 Å². The third kappa shape index (κ3) is 5.47. The predicted molar refractivity (Wildman–Crippen MR) is 110 cm³/mol. The lowest BCUT2D eigenvalue weighted by atomic mass is 10.0. The number of halogens is 2. The maximum Gasteiger partial charge on any atom is 0.224 e. The largest absolute Gasteiger partial charge is 0.494 e. The Morgan fingerprint density at radius 1 is 1.07 bits per heavy atom. The lowest BCUT2D eigenvalue weighted by molar-refractivity contribution is -0.116. The SMILES string of the molecule is O=C1CCc2cc(OCCCCCS(=O)c3cccc(Cl)c3Cl)ccc2N1. The summed E-state index contributed by atoms with van der Waals surface area (Å²) in [5.41, 5.74) is 1.99. The summed E-state index contributed by atoms with van der Waals surface area (Å²) in [7, 11) is -1.14. The molecular weight excluding hydrogens is 405 g/mol. The molecule has 27 heavy (non-hydrogen) atoms. The van der Waals surface area contributed by atoms with Crippen molar-refractivity contribution in [2.24, 2.45) is 0 Å². The molecular formula is C20H21Cl2NO3S. The van der Waals surface area contributed by atoms with Gasteiger partial charge in [-0.25, -0.2) is 0 Å². The van der Waals surface area contributed by atoms with Crippen molar-refractivity contribution in [3.8, 4) is 5.75 Å². The van der Waals surface area contributed by atoms with Gasteiger partial charge in [0, 0.05) is 17.9 Å². The van der Waals surface area contributed by atoms with E-state index in [1.807, 2.05) is 18.2 Å². The van der Waals surface area contributed by atoms with Crippen LogP contribution in [0.25, 0.3) is 0 Å². The van der Waals surface area contributed by atoms with Crippen LogP contribution in [0.4, 0.5) is 5.69 Å². The summed E-state index contributed by atoms with van der Waals surface area (Å²) in [6.07, 6.45) is 3.90. The van der Waals surface area contributed by atoms with E-state index in [-0.39, 0.29) is 5.91 Å². The minimum Gasteiger partial charge on any atom is -0.494 e. The molecule has 0 saturated heterocycles. The first kappa shape index (κ1) is 20.2. The number of aryl methyl sites for hydroxylation is 1. The molecule has 0 bridgehead atoms. The molecule has 1 amide bonds. The van der Waals surface area contributed by atoms with Crippen LogP contribution >= 0.6 is 23.2 Å². The number of nitrogens with one attached hydrogen (secondary N) is 1. The van der Waals surface area contributed by atoms with Gasteiger partial charge in [0.05, 0.1) is 32.3 Å². The zero-order valence-electron chi connectivity index (χ0n) is 14.8. The Labute approximate surface area is 171 Å². The second kappa shape index (κ2) is 9.58. The maximum absolute atomic E-state index is 12.3. The van der Waals surface area contributed by atoms with Gasteiger partial charge in [0.15, 0.2) is 0 Å². The first-order valence-corrected chi connectivity index (χ1v) is 11.0. The van der Waals surface area contributed by atoms with E-state index in [2.05, 4.69) is 5.32 Å². The van der Waals surface area contributed by atoms with Crippen LogP contribution in [-0.2, 0) is 22.0 Å². The zero-order chi connectivity index (χ0) is 19.2. The van der Waals surface area contributed by atoms with Gasteiger partial charge in [0.1, 0.15) is 5.75 Å². The van der Waals surface area contributed by atoms with Crippen molar-refractivity contribution in [2.45, 2.75) is 37.0 Å². The zero-order valence-corrected chi connectivity index (χ0v) is 17.1. The highest BCUT2D eigenvalue weighted by Crippen LogP contribution is 2.29. The second-order valence-electron chi connectivity index (χ2n) is 6.38. The van der Waals surface area contributed by atoms with Crippen molar-refractivity contribution in [2.75, 3.05) is 17.7 Å². The van der Waals surface area contributed by atoms with Crippen molar-refractivity contribution in [1.29, 1.82) is 0 Å². The smallest absolute Gasteiger partial charge is 0.224 e. The van der Waals surface area contributed by atoms with Crippen LogP contribution in [0.15, 0.2) is 41.3 Å². The Kier molecular flexibility index (Phi) is 7.16. The summed E-state index contributed by atoms with van der Waals surface area (Å²) in [6.45, 7) is 0.607. The van der Waals surface area contributed by atoms with Crippen LogP contribution in [0.1, 0.15) is 31.2 Å². The quantitative estimate of drug-likeness (QED) is 0.588. The first-order chi connectivity index (χ1) is 13.0. The summed E-state index contributed by atoms with van der Waals surface area (Å²) in [5, 5.41) is 3.67. The Bertz CT molecular complexity index is 857. The first-order valence-electron chi connectivity index (χ1n) is 8.92. The molecule has 4 nitrogen and oxygen atoms in total. The maximum atomic E-state index is 12.3. The number of carbonyl (C=O) groups excluding carboxylic acids is 1. The highest BCUT2D eigenvalue weighted by atomic mass is 35.5. The lowest BCUT2D eigenvalue weighted by Gasteiger charge is -2.17. The van der Waals surface area contributed by atoms with Crippen LogP contribution in [0.3, 0.4) is 0 Å². The van der Waals surface area contributed by atoms with Gasteiger partial charge in [-0.15, -0.1) is 0 Å². The van der Waals surface area contributed by atoms with Gasteiger partial charge in [-0.3, -0.25) is 9.00 Å². The number of amides is 1. The molecule has 2 aromatic carbocycles. The minimum atomic E-state index is -1.14. The summed E-state index contributed by atoms with van der Waals surface area (Å²) < 4.78 is 18.1. The number of fused-ring (bicyclic) bond motifs is 1. The van der Waals surface area contributed by atoms with E-state index < -0.39 is 10.8 Å². The van der Waals surface area contributed by atoms with Crippen molar-refractivity contribution in [1.82, 2.24) is 0 Å². The number of ether oxygens (including phenoxy) is 1. The van der Waals surface area contributed by atoms with Gasteiger partial charge in [-0.05, 0) is 61.6 Å². The second-order valence-corrected chi connectivity index (χ2v) is 8.70. The molecule has 7 heteroatoms. The molecule has 1 atom stereocenters. The number of rotatable bonds is 8. The van der Waals surface area contributed by atoms with E-state index in [1.165, 1.54) is 0 Å². The van der Waals surface area contributed by atoms with Gasteiger partial charge < -0.3 is 10.1 Å². The van der Waals surface area contributed by atoms with E-state index in [9.17, 15) is 9.00 Å². The standard InChI is InChI=1S/C20H21Cl2NO3S/c21-16-5-4-6-18(20(16)22)27(25)12-3-1-2-11-26-15-8-9-17-14(13-15)7-10-19(24)23-17/h4-6,8-9,13H,1-3,7,10-12H2,(H,23,24). The molecule has 0 aromatic heterocycles. The number of hydrogen-bond donors (Lipinski definition) is 1. The molecule has 1 aliphatic heterocycles. The Morgan fingerprint density at radius 2 is 1.93 bits per heavy atom. The van der Waals surface area contributed by atoms with Crippen LogP contribution in [0.2, 0.25) is 10.0 Å². The van der Waals surface area contributed by atoms with Gasteiger partial charge in [0.2, 0.25) is 5.91 Å². The molecule has 0 radical (unpaired) electrons. The minimum absolute atomic E-state index is 0.0626. The van der Waals surface area contributed by atoms with Crippen LogP contribution in [0, 0.1) is 0 Å². The van der Waals surface area contributed by atoms with Gasteiger partial charge in [-0.2, -0.15) is 0 Å². The molecule has 144 valence electrons. The molecule has 3 rings (SSSR count). The Balaban J connectivity index is 1.38. The molecule has 0 fully saturated rings. The van der Waals surface area contributed by atoms with Crippen molar-refractivity contribution in [3.05, 3.63) is 52.0 Å².